The molecule has 4 N–H and O–H groups in total. The smallest absolute Gasteiger partial charge is 0.251 e. The molecule has 20 heavy (non-hydrogen) atoms. The van der Waals surface area contributed by atoms with Gasteiger partial charge in [-0.1, -0.05) is 25.0 Å². The van der Waals surface area contributed by atoms with Crippen molar-refractivity contribution in [2.24, 2.45) is 5.73 Å². The van der Waals surface area contributed by atoms with Crippen LogP contribution in [0.15, 0.2) is 24.3 Å². The van der Waals surface area contributed by atoms with Crippen molar-refractivity contribution in [3.8, 4) is 0 Å². The zero-order valence-electron chi connectivity index (χ0n) is 11.7. The molecule has 1 saturated carbocycles. The summed E-state index contributed by atoms with van der Waals surface area (Å²) in [6.45, 7) is 0.436. The van der Waals surface area contributed by atoms with Crippen LogP contribution >= 0.6 is 0 Å². The molecule has 108 valence electrons. The van der Waals surface area contributed by atoms with Crippen LogP contribution in [-0.2, 0) is 11.3 Å². The minimum absolute atomic E-state index is 0.0784. The van der Waals surface area contributed by atoms with E-state index >= 15 is 0 Å². The van der Waals surface area contributed by atoms with Crippen molar-refractivity contribution in [2.45, 2.75) is 37.8 Å². The van der Waals surface area contributed by atoms with Crippen LogP contribution in [0.2, 0.25) is 0 Å². The van der Waals surface area contributed by atoms with E-state index in [1.807, 2.05) is 12.1 Å². The zero-order valence-corrected chi connectivity index (χ0v) is 11.7. The molecule has 5 nitrogen and oxygen atoms in total. The number of amides is 2. The molecule has 0 heterocycles. The minimum Gasteiger partial charge on any atom is -0.355 e. The summed E-state index contributed by atoms with van der Waals surface area (Å²) in [6.07, 6.45) is 3.55. The zero-order chi connectivity index (χ0) is 14.6. The van der Waals surface area contributed by atoms with E-state index in [1.165, 1.54) is 0 Å². The van der Waals surface area contributed by atoms with Gasteiger partial charge in [-0.3, -0.25) is 9.59 Å². The number of rotatable bonds is 4. The first-order chi connectivity index (χ1) is 9.55. The molecule has 2 rings (SSSR count). The normalized spacial score (nSPS) is 16.7. The average Bonchev–Trinajstić information content (AvgIpc) is 2.92. The van der Waals surface area contributed by atoms with Gasteiger partial charge < -0.3 is 16.4 Å². The topological polar surface area (TPSA) is 84.2 Å². The second-order valence-corrected chi connectivity index (χ2v) is 5.32. The highest BCUT2D eigenvalue weighted by atomic mass is 16.2. The molecule has 0 aromatic heterocycles. The summed E-state index contributed by atoms with van der Waals surface area (Å²) in [5, 5.41) is 5.45. The first kappa shape index (κ1) is 14.5. The van der Waals surface area contributed by atoms with Crippen molar-refractivity contribution in [2.75, 3.05) is 7.05 Å². The van der Waals surface area contributed by atoms with Crippen LogP contribution in [0, 0.1) is 0 Å². The molecule has 1 aliphatic carbocycles. The molecule has 2 amide bonds. The molecule has 0 saturated heterocycles. The van der Waals surface area contributed by atoms with Gasteiger partial charge in [-0.05, 0) is 30.5 Å². The maximum Gasteiger partial charge on any atom is 0.251 e. The summed E-state index contributed by atoms with van der Waals surface area (Å²) in [7, 11) is 1.60. The fourth-order valence-corrected chi connectivity index (χ4v) is 2.51. The van der Waals surface area contributed by atoms with Gasteiger partial charge in [0.25, 0.3) is 5.91 Å². The van der Waals surface area contributed by atoms with Crippen molar-refractivity contribution in [1.82, 2.24) is 10.6 Å². The van der Waals surface area contributed by atoms with Gasteiger partial charge in [0.1, 0.15) is 0 Å². The van der Waals surface area contributed by atoms with Crippen molar-refractivity contribution in [1.29, 1.82) is 0 Å². The highest BCUT2D eigenvalue weighted by Gasteiger charge is 2.36. The van der Waals surface area contributed by atoms with Gasteiger partial charge in [0.05, 0.1) is 5.54 Å². The van der Waals surface area contributed by atoms with Gasteiger partial charge in [0.15, 0.2) is 0 Å². The van der Waals surface area contributed by atoms with Crippen molar-refractivity contribution < 1.29 is 9.59 Å². The van der Waals surface area contributed by atoms with Gasteiger partial charge in [0, 0.05) is 19.2 Å². The minimum atomic E-state index is -0.692. The van der Waals surface area contributed by atoms with Crippen LogP contribution < -0.4 is 16.4 Å². The molecule has 1 aromatic rings. The summed E-state index contributed by atoms with van der Waals surface area (Å²) in [5.41, 5.74) is 6.95. The molecule has 0 aliphatic heterocycles. The van der Waals surface area contributed by atoms with Crippen LogP contribution in [-0.4, -0.2) is 24.4 Å². The quantitative estimate of drug-likeness (QED) is 0.764. The monoisotopic (exact) mass is 275 g/mol. The molecule has 1 fully saturated rings. The van der Waals surface area contributed by atoms with Gasteiger partial charge >= 0.3 is 0 Å². The fourth-order valence-electron chi connectivity index (χ4n) is 2.51. The number of carbonyl (C=O) groups excluding carboxylic acids is 2. The van der Waals surface area contributed by atoms with Crippen LogP contribution in [0.5, 0.6) is 0 Å². The van der Waals surface area contributed by atoms with Crippen LogP contribution in [0.25, 0.3) is 0 Å². The lowest BCUT2D eigenvalue weighted by Crippen LogP contribution is -2.51. The Bertz CT molecular complexity index is 490. The summed E-state index contributed by atoms with van der Waals surface area (Å²) >= 11 is 0. The maximum absolute atomic E-state index is 12.1. The van der Waals surface area contributed by atoms with Crippen molar-refractivity contribution in [3.63, 3.8) is 0 Å². The molecule has 5 heteroatoms. The third-order valence-corrected chi connectivity index (χ3v) is 3.84. The Morgan fingerprint density at radius 1 is 1.20 bits per heavy atom. The van der Waals surface area contributed by atoms with E-state index < -0.39 is 5.54 Å². The average molecular weight is 275 g/mol. The van der Waals surface area contributed by atoms with Crippen LogP contribution in [0.3, 0.4) is 0 Å². The lowest BCUT2D eigenvalue weighted by molar-refractivity contribution is -0.126. The van der Waals surface area contributed by atoms with E-state index in [1.54, 1.807) is 19.2 Å². The second-order valence-electron chi connectivity index (χ2n) is 5.32. The van der Waals surface area contributed by atoms with E-state index in [-0.39, 0.29) is 11.8 Å². The van der Waals surface area contributed by atoms with Crippen LogP contribution in [0.1, 0.15) is 41.6 Å². The Morgan fingerprint density at radius 2 is 1.80 bits per heavy atom. The summed E-state index contributed by atoms with van der Waals surface area (Å²) in [4.78, 5) is 23.5. The summed E-state index contributed by atoms with van der Waals surface area (Å²) in [6, 6.07) is 7.16. The highest BCUT2D eigenvalue weighted by molar-refractivity contribution is 5.94. The maximum atomic E-state index is 12.1. The molecule has 1 aliphatic rings. The predicted octanol–water partition coefficient (Wildman–Crippen LogP) is 0.934. The number of nitrogens with two attached hydrogens (primary N) is 1. The Kier molecular flexibility index (Phi) is 4.39. The molecule has 0 bridgehead atoms. The first-order valence-electron chi connectivity index (χ1n) is 6.93. The van der Waals surface area contributed by atoms with E-state index in [2.05, 4.69) is 10.6 Å². The standard InChI is InChI=1S/C15H21N3O2/c1-17-13(19)12-6-4-11(5-7-12)10-18-14(20)15(16)8-2-3-9-15/h4-7H,2-3,8-10,16H2,1H3,(H,17,19)(H,18,20). The SMILES string of the molecule is CNC(=O)c1ccc(CNC(=O)C2(N)CCCC2)cc1. The number of hydrogen-bond acceptors (Lipinski definition) is 3. The second kappa shape index (κ2) is 6.05. The van der Waals surface area contributed by atoms with Gasteiger partial charge in [-0.25, -0.2) is 0 Å². The highest BCUT2D eigenvalue weighted by Crippen LogP contribution is 2.27. The van der Waals surface area contributed by atoms with Gasteiger partial charge in [0.2, 0.25) is 5.91 Å². The van der Waals surface area contributed by atoms with Crippen LogP contribution in [0.4, 0.5) is 0 Å². The summed E-state index contributed by atoms with van der Waals surface area (Å²) in [5.74, 6) is -0.196. The molecule has 0 spiro atoms. The number of hydrogen-bond donors (Lipinski definition) is 3. The van der Waals surface area contributed by atoms with Crippen molar-refractivity contribution in [3.05, 3.63) is 35.4 Å². The third-order valence-electron chi connectivity index (χ3n) is 3.84. The number of carbonyl (C=O) groups is 2. The summed E-state index contributed by atoms with van der Waals surface area (Å²) < 4.78 is 0. The predicted molar refractivity (Wildman–Crippen MR) is 77.1 cm³/mol. The number of nitrogens with one attached hydrogen (secondary N) is 2. The molecule has 0 radical (unpaired) electrons. The fraction of sp³-hybridized carbons (Fsp3) is 0.467. The molecule has 0 unspecified atom stereocenters. The third kappa shape index (κ3) is 3.17. The van der Waals surface area contributed by atoms with Gasteiger partial charge in [-0.15, -0.1) is 0 Å². The Hall–Kier alpha value is -1.88. The number of benzene rings is 1. The van der Waals surface area contributed by atoms with E-state index in [0.29, 0.717) is 12.1 Å². The molecule has 0 atom stereocenters. The lowest BCUT2D eigenvalue weighted by atomic mass is 9.98. The Labute approximate surface area is 118 Å². The lowest BCUT2D eigenvalue weighted by Gasteiger charge is -2.22. The van der Waals surface area contributed by atoms with Crippen molar-refractivity contribution >= 4 is 11.8 Å². The van der Waals surface area contributed by atoms with E-state index in [9.17, 15) is 9.59 Å². The van der Waals surface area contributed by atoms with E-state index in [4.69, 9.17) is 5.73 Å². The molecular weight excluding hydrogens is 254 g/mol. The molecular formula is C15H21N3O2. The first-order valence-corrected chi connectivity index (χ1v) is 6.93. The van der Waals surface area contributed by atoms with E-state index in [0.717, 1.165) is 31.2 Å². The largest absolute Gasteiger partial charge is 0.355 e. The Balaban J connectivity index is 1.91. The Morgan fingerprint density at radius 3 is 2.35 bits per heavy atom. The van der Waals surface area contributed by atoms with Gasteiger partial charge in [-0.2, -0.15) is 0 Å². The molecule has 1 aromatic carbocycles.